The molecule has 6 nitrogen and oxygen atoms in total. The van der Waals surface area contributed by atoms with E-state index in [1.165, 1.54) is 0 Å². The molecule has 1 heterocycles. The van der Waals surface area contributed by atoms with Crippen molar-refractivity contribution in [2.24, 2.45) is 5.92 Å². The topological polar surface area (TPSA) is 69.7 Å². The molecule has 0 unspecified atom stereocenters. The van der Waals surface area contributed by atoms with Gasteiger partial charge in [0.05, 0.1) is 13.0 Å². The van der Waals surface area contributed by atoms with Crippen molar-refractivity contribution >= 4 is 28.5 Å². The Labute approximate surface area is 178 Å². The zero-order chi connectivity index (χ0) is 21.7. The van der Waals surface area contributed by atoms with Crippen molar-refractivity contribution in [1.29, 1.82) is 0 Å². The second-order valence-electron chi connectivity index (χ2n) is 8.29. The molecule has 0 aromatic heterocycles. The van der Waals surface area contributed by atoms with Gasteiger partial charge in [0.25, 0.3) is 0 Å². The lowest BCUT2D eigenvalue weighted by atomic mass is 9.95. The monoisotopic (exact) mass is 409 g/mol. The fourth-order valence-corrected chi connectivity index (χ4v) is 3.89. The summed E-state index contributed by atoms with van der Waals surface area (Å²) in [6.07, 6.45) is 1.59. The van der Waals surface area contributed by atoms with Crippen molar-refractivity contribution in [3.8, 4) is 0 Å². The molecule has 160 valence electrons. The predicted octanol–water partition coefficient (Wildman–Crippen LogP) is 2.60. The van der Waals surface area contributed by atoms with E-state index in [-0.39, 0.29) is 42.6 Å². The van der Waals surface area contributed by atoms with Crippen molar-refractivity contribution in [3.05, 3.63) is 48.0 Å². The zero-order valence-electron chi connectivity index (χ0n) is 18.1. The van der Waals surface area contributed by atoms with Gasteiger partial charge in [-0.05, 0) is 43.0 Å². The van der Waals surface area contributed by atoms with Gasteiger partial charge in [-0.1, -0.05) is 42.5 Å². The Morgan fingerprint density at radius 1 is 1.07 bits per heavy atom. The highest BCUT2D eigenvalue weighted by Gasteiger charge is 2.29. The van der Waals surface area contributed by atoms with Crippen LogP contribution in [0.1, 0.15) is 32.3 Å². The van der Waals surface area contributed by atoms with E-state index in [1.54, 1.807) is 9.80 Å². The first-order chi connectivity index (χ1) is 14.4. The van der Waals surface area contributed by atoms with Gasteiger partial charge in [-0.25, -0.2) is 0 Å². The smallest absolute Gasteiger partial charge is 0.241 e. The third-order valence-corrected chi connectivity index (χ3v) is 5.99. The number of carbonyl (C=O) groups excluding carboxylic acids is 3. The fraction of sp³-hybridized carbons (Fsp3) is 0.458. The molecule has 0 radical (unpaired) electrons. The summed E-state index contributed by atoms with van der Waals surface area (Å²) >= 11 is 0. The average molecular weight is 410 g/mol. The van der Waals surface area contributed by atoms with Gasteiger partial charge in [0.15, 0.2) is 0 Å². The Kier molecular flexibility index (Phi) is 7.08. The summed E-state index contributed by atoms with van der Waals surface area (Å²) in [6.45, 7) is 5.10. The lowest BCUT2D eigenvalue weighted by Gasteiger charge is -2.34. The molecule has 30 heavy (non-hydrogen) atoms. The highest BCUT2D eigenvalue weighted by molar-refractivity contribution is 5.91. The normalized spacial score (nSPS) is 14.7. The van der Waals surface area contributed by atoms with E-state index in [2.05, 4.69) is 5.32 Å². The number of nitrogens with zero attached hydrogens (tertiary/aromatic N) is 2. The van der Waals surface area contributed by atoms with E-state index in [4.69, 9.17) is 0 Å². The predicted molar refractivity (Wildman–Crippen MR) is 118 cm³/mol. The molecule has 0 aliphatic carbocycles. The van der Waals surface area contributed by atoms with Crippen molar-refractivity contribution in [1.82, 2.24) is 15.1 Å². The lowest BCUT2D eigenvalue weighted by molar-refractivity contribution is -0.140. The van der Waals surface area contributed by atoms with E-state index < -0.39 is 0 Å². The third kappa shape index (κ3) is 5.17. The van der Waals surface area contributed by atoms with E-state index in [0.29, 0.717) is 25.9 Å². The van der Waals surface area contributed by atoms with Crippen LogP contribution in [0, 0.1) is 5.92 Å². The minimum Gasteiger partial charge on any atom is -0.347 e. The minimum absolute atomic E-state index is 0.00584. The summed E-state index contributed by atoms with van der Waals surface area (Å²) in [7, 11) is 1.83. The Balaban J connectivity index is 1.47. The van der Waals surface area contributed by atoms with Gasteiger partial charge in [-0.15, -0.1) is 0 Å². The van der Waals surface area contributed by atoms with Crippen LogP contribution < -0.4 is 5.32 Å². The molecule has 0 spiro atoms. The van der Waals surface area contributed by atoms with Gasteiger partial charge in [0, 0.05) is 32.1 Å². The number of piperidine rings is 1. The van der Waals surface area contributed by atoms with Gasteiger partial charge < -0.3 is 15.1 Å². The first kappa shape index (κ1) is 21.8. The van der Waals surface area contributed by atoms with Crippen LogP contribution in [0.5, 0.6) is 0 Å². The number of carbonyl (C=O) groups is 3. The van der Waals surface area contributed by atoms with E-state index in [0.717, 1.165) is 16.3 Å². The van der Waals surface area contributed by atoms with Crippen LogP contribution in [0.15, 0.2) is 42.5 Å². The van der Waals surface area contributed by atoms with E-state index in [9.17, 15) is 14.4 Å². The van der Waals surface area contributed by atoms with Crippen molar-refractivity contribution in [3.63, 3.8) is 0 Å². The summed E-state index contributed by atoms with van der Waals surface area (Å²) < 4.78 is 0. The average Bonchev–Trinajstić information content (AvgIpc) is 2.76. The molecule has 1 N–H and O–H groups in total. The van der Waals surface area contributed by atoms with Gasteiger partial charge in [-0.3, -0.25) is 14.4 Å². The number of rotatable bonds is 6. The third-order valence-electron chi connectivity index (χ3n) is 5.99. The summed E-state index contributed by atoms with van der Waals surface area (Å²) in [4.78, 5) is 40.9. The number of amides is 3. The number of benzene rings is 2. The standard InChI is InChI=1S/C24H31N3O3/c1-17(2)26(3)24(30)19-11-13-27(14-12-19)23(29)16-25-22(28)15-20-9-6-8-18-7-4-5-10-21(18)20/h4-10,17,19H,11-16H2,1-3H3,(H,25,28). The van der Waals surface area contributed by atoms with Crippen LogP contribution >= 0.6 is 0 Å². The van der Waals surface area contributed by atoms with Crippen LogP contribution in [0.2, 0.25) is 0 Å². The molecule has 1 aliphatic rings. The Bertz CT molecular complexity index is 912. The summed E-state index contributed by atoms with van der Waals surface area (Å²) in [5.74, 6) is -0.129. The first-order valence-corrected chi connectivity index (χ1v) is 10.6. The quantitative estimate of drug-likeness (QED) is 0.797. The van der Waals surface area contributed by atoms with Crippen LogP contribution in [0.25, 0.3) is 10.8 Å². The van der Waals surface area contributed by atoms with Crippen LogP contribution in [-0.4, -0.2) is 60.2 Å². The molecule has 1 saturated heterocycles. The molecule has 1 aliphatic heterocycles. The van der Waals surface area contributed by atoms with Gasteiger partial charge in [-0.2, -0.15) is 0 Å². The SMILES string of the molecule is CC(C)N(C)C(=O)C1CCN(C(=O)CNC(=O)Cc2cccc3ccccc23)CC1. The molecule has 3 rings (SSSR count). The van der Waals surface area contributed by atoms with Crippen LogP contribution in [0.3, 0.4) is 0 Å². The Hall–Kier alpha value is -2.89. The maximum atomic E-state index is 12.5. The molecular formula is C24H31N3O3. The van der Waals surface area contributed by atoms with Crippen LogP contribution in [0.4, 0.5) is 0 Å². The number of hydrogen-bond donors (Lipinski definition) is 1. The van der Waals surface area contributed by atoms with Gasteiger partial charge in [0.2, 0.25) is 17.7 Å². The molecule has 1 fully saturated rings. The lowest BCUT2D eigenvalue weighted by Crippen LogP contribution is -2.47. The highest BCUT2D eigenvalue weighted by Crippen LogP contribution is 2.21. The zero-order valence-corrected chi connectivity index (χ0v) is 18.1. The largest absolute Gasteiger partial charge is 0.347 e. The number of likely N-dealkylation sites (tertiary alicyclic amines) is 1. The molecule has 0 saturated carbocycles. The Morgan fingerprint density at radius 2 is 1.73 bits per heavy atom. The highest BCUT2D eigenvalue weighted by atomic mass is 16.2. The second-order valence-corrected chi connectivity index (χ2v) is 8.29. The van der Waals surface area contributed by atoms with Crippen molar-refractivity contribution < 1.29 is 14.4 Å². The van der Waals surface area contributed by atoms with E-state index >= 15 is 0 Å². The molecule has 0 bridgehead atoms. The number of fused-ring (bicyclic) bond motifs is 1. The maximum Gasteiger partial charge on any atom is 0.241 e. The van der Waals surface area contributed by atoms with Crippen molar-refractivity contribution in [2.45, 2.75) is 39.2 Å². The van der Waals surface area contributed by atoms with Gasteiger partial charge in [0.1, 0.15) is 0 Å². The van der Waals surface area contributed by atoms with E-state index in [1.807, 2.05) is 63.4 Å². The number of hydrogen-bond acceptors (Lipinski definition) is 3. The van der Waals surface area contributed by atoms with Gasteiger partial charge >= 0.3 is 0 Å². The maximum absolute atomic E-state index is 12.5. The molecule has 3 amide bonds. The molecule has 2 aromatic rings. The summed E-state index contributed by atoms with van der Waals surface area (Å²) in [5.41, 5.74) is 0.951. The van der Waals surface area contributed by atoms with Crippen molar-refractivity contribution in [2.75, 3.05) is 26.7 Å². The summed E-state index contributed by atoms with van der Waals surface area (Å²) in [6, 6.07) is 14.0. The first-order valence-electron chi connectivity index (χ1n) is 10.6. The molecule has 0 atom stereocenters. The molecular weight excluding hydrogens is 378 g/mol. The second kappa shape index (κ2) is 9.74. The fourth-order valence-electron chi connectivity index (χ4n) is 3.89. The molecule has 2 aromatic carbocycles. The number of nitrogens with one attached hydrogen (secondary N) is 1. The Morgan fingerprint density at radius 3 is 2.43 bits per heavy atom. The molecule has 6 heteroatoms. The van der Waals surface area contributed by atoms with Crippen LogP contribution in [-0.2, 0) is 20.8 Å². The summed E-state index contributed by atoms with van der Waals surface area (Å²) in [5, 5.41) is 4.91. The minimum atomic E-state index is -0.164.